The molecule has 1 N–H and O–H groups in total. The van der Waals surface area contributed by atoms with Crippen LogP contribution in [0, 0.1) is 17.2 Å². The van der Waals surface area contributed by atoms with Crippen LogP contribution in [0.1, 0.15) is 26.2 Å². The van der Waals surface area contributed by atoms with Crippen LogP contribution in [-0.4, -0.2) is 12.5 Å². The van der Waals surface area contributed by atoms with Crippen molar-refractivity contribution in [2.24, 2.45) is 5.92 Å². The fourth-order valence-electron chi connectivity index (χ4n) is 2.37. The molecule has 1 atom stereocenters. The molecule has 0 saturated heterocycles. The van der Waals surface area contributed by atoms with Gasteiger partial charge in [0.2, 0.25) is 0 Å². The predicted molar refractivity (Wildman–Crippen MR) is 86.4 cm³/mol. The lowest BCUT2D eigenvalue weighted by Crippen LogP contribution is -2.15. The lowest BCUT2D eigenvalue weighted by atomic mass is 9.92. The molecular weight excluding hydrogens is 276 g/mol. The second-order valence-electron chi connectivity index (χ2n) is 5.15. The third-order valence-electron chi connectivity index (χ3n) is 3.50. The average Bonchev–Trinajstić information content (AvgIpc) is 2.55. The highest BCUT2D eigenvalue weighted by Gasteiger charge is 2.14. The largest absolute Gasteiger partial charge is 0.494 e. The van der Waals surface area contributed by atoms with Crippen molar-refractivity contribution in [2.75, 3.05) is 11.9 Å². The van der Waals surface area contributed by atoms with E-state index < -0.39 is 0 Å². The maximum atomic E-state index is 12.2. The Hall–Kier alpha value is -2.54. The molecule has 0 spiro atoms. The first-order valence-corrected chi connectivity index (χ1v) is 7.54. The van der Waals surface area contributed by atoms with E-state index in [1.54, 1.807) is 30.3 Å². The molecule has 0 bridgehead atoms. The van der Waals surface area contributed by atoms with E-state index >= 15 is 0 Å². The first-order valence-electron chi connectivity index (χ1n) is 7.54. The van der Waals surface area contributed by atoms with Gasteiger partial charge in [-0.1, -0.05) is 18.2 Å². The van der Waals surface area contributed by atoms with Gasteiger partial charge in [-0.15, -0.1) is 0 Å². The highest BCUT2D eigenvalue weighted by molar-refractivity contribution is 6.06. The van der Waals surface area contributed by atoms with Crippen LogP contribution in [-0.2, 0) is 4.79 Å². The minimum Gasteiger partial charge on any atom is -0.494 e. The summed E-state index contributed by atoms with van der Waals surface area (Å²) in [4.78, 5) is 12.2. The van der Waals surface area contributed by atoms with Crippen LogP contribution >= 0.6 is 0 Å². The monoisotopic (exact) mass is 296 g/mol. The van der Waals surface area contributed by atoms with Crippen molar-refractivity contribution in [3.05, 3.63) is 48.1 Å². The number of hydrogen-bond donors (Lipinski definition) is 1. The lowest BCUT2D eigenvalue weighted by molar-refractivity contribution is -0.112. The second kappa shape index (κ2) is 8.04. The molecule has 0 radical (unpaired) electrons. The number of anilines is 1. The maximum absolute atomic E-state index is 12.2. The third-order valence-corrected chi connectivity index (χ3v) is 3.50. The van der Waals surface area contributed by atoms with Crippen LogP contribution in [0.5, 0.6) is 5.75 Å². The Labute approximate surface area is 131 Å². The Bertz CT molecular complexity index is 609. The van der Waals surface area contributed by atoms with Crippen molar-refractivity contribution in [3.8, 4) is 11.8 Å². The number of nitrogens with one attached hydrogen (secondary N) is 1. The number of rotatable bonds is 5. The van der Waals surface area contributed by atoms with Gasteiger partial charge in [-0.25, -0.2) is 0 Å². The molecule has 0 heterocycles. The highest BCUT2D eigenvalue weighted by atomic mass is 16.5. The fourth-order valence-corrected chi connectivity index (χ4v) is 2.37. The van der Waals surface area contributed by atoms with Crippen molar-refractivity contribution >= 4 is 11.6 Å². The molecule has 22 heavy (non-hydrogen) atoms. The van der Waals surface area contributed by atoms with E-state index in [1.807, 2.05) is 13.0 Å². The van der Waals surface area contributed by atoms with E-state index in [1.165, 1.54) is 0 Å². The van der Waals surface area contributed by atoms with Crippen LogP contribution in [0.3, 0.4) is 0 Å². The molecular formula is C18H20N2O2. The average molecular weight is 296 g/mol. The number of amides is 1. The SMILES string of the molecule is CCOc1ccc(NC(=O)C(C#N)=CC2CC=CCC2)cc1. The molecule has 1 aliphatic carbocycles. The molecule has 114 valence electrons. The van der Waals surface area contributed by atoms with E-state index in [0.717, 1.165) is 25.0 Å². The Morgan fingerprint density at radius 2 is 2.18 bits per heavy atom. The van der Waals surface area contributed by atoms with Gasteiger partial charge in [0.1, 0.15) is 17.4 Å². The first kappa shape index (κ1) is 15.8. The van der Waals surface area contributed by atoms with Crippen LogP contribution in [0.2, 0.25) is 0 Å². The molecule has 4 heteroatoms. The van der Waals surface area contributed by atoms with Crippen LogP contribution < -0.4 is 10.1 Å². The van der Waals surface area contributed by atoms with Crippen LogP contribution in [0.4, 0.5) is 5.69 Å². The van der Waals surface area contributed by atoms with Crippen molar-refractivity contribution in [1.82, 2.24) is 0 Å². The van der Waals surface area contributed by atoms with Gasteiger partial charge in [-0.2, -0.15) is 5.26 Å². The summed E-state index contributed by atoms with van der Waals surface area (Å²) in [7, 11) is 0. The summed E-state index contributed by atoms with van der Waals surface area (Å²) in [6, 6.07) is 9.12. The van der Waals surface area contributed by atoms with Crippen molar-refractivity contribution in [3.63, 3.8) is 0 Å². The zero-order valence-electron chi connectivity index (χ0n) is 12.7. The number of ether oxygens (including phenoxy) is 1. The fraction of sp³-hybridized carbons (Fsp3) is 0.333. The van der Waals surface area contributed by atoms with Gasteiger partial charge < -0.3 is 10.1 Å². The van der Waals surface area contributed by atoms with E-state index in [4.69, 9.17) is 4.74 Å². The zero-order chi connectivity index (χ0) is 15.8. The molecule has 2 rings (SSSR count). The quantitative estimate of drug-likeness (QED) is 0.510. The third kappa shape index (κ3) is 4.49. The number of carbonyl (C=O) groups excluding carboxylic acids is 1. The normalized spacial score (nSPS) is 17.6. The number of carbonyl (C=O) groups is 1. The number of allylic oxidation sites excluding steroid dienone is 3. The summed E-state index contributed by atoms with van der Waals surface area (Å²) in [5, 5.41) is 12.0. The van der Waals surface area contributed by atoms with Gasteiger partial charge in [0, 0.05) is 5.69 Å². The van der Waals surface area contributed by atoms with Gasteiger partial charge >= 0.3 is 0 Å². The zero-order valence-corrected chi connectivity index (χ0v) is 12.7. The van der Waals surface area contributed by atoms with Crippen LogP contribution in [0.25, 0.3) is 0 Å². The molecule has 0 fully saturated rings. The standard InChI is InChI=1S/C18H20N2O2/c1-2-22-17-10-8-16(9-11-17)20-18(21)15(13-19)12-14-6-4-3-5-7-14/h3-4,8-12,14H,2,5-7H2,1H3,(H,20,21). The van der Waals surface area contributed by atoms with Gasteiger partial charge in [-0.05, 0) is 56.4 Å². The number of hydrogen-bond acceptors (Lipinski definition) is 3. The molecule has 1 aliphatic rings. The first-order chi connectivity index (χ1) is 10.7. The minimum absolute atomic E-state index is 0.175. The Morgan fingerprint density at radius 1 is 1.41 bits per heavy atom. The predicted octanol–water partition coefficient (Wildman–Crippen LogP) is 3.83. The lowest BCUT2D eigenvalue weighted by Gasteiger charge is -2.14. The summed E-state index contributed by atoms with van der Waals surface area (Å²) in [5.41, 5.74) is 0.826. The summed E-state index contributed by atoms with van der Waals surface area (Å²) >= 11 is 0. The molecule has 1 aromatic rings. The number of benzene rings is 1. The molecule has 4 nitrogen and oxygen atoms in total. The van der Waals surface area contributed by atoms with E-state index in [-0.39, 0.29) is 17.4 Å². The van der Waals surface area contributed by atoms with E-state index in [2.05, 4.69) is 17.5 Å². The molecule has 1 aromatic carbocycles. The highest BCUT2D eigenvalue weighted by Crippen LogP contribution is 2.21. The van der Waals surface area contributed by atoms with Gasteiger partial charge in [0.05, 0.1) is 6.61 Å². The summed E-state index contributed by atoms with van der Waals surface area (Å²) < 4.78 is 5.35. The summed E-state index contributed by atoms with van der Waals surface area (Å²) in [5.74, 6) is 0.664. The topological polar surface area (TPSA) is 62.1 Å². The minimum atomic E-state index is -0.360. The Kier molecular flexibility index (Phi) is 5.79. The number of nitrogens with zero attached hydrogens (tertiary/aromatic N) is 1. The summed E-state index contributed by atoms with van der Waals surface area (Å²) in [6.45, 7) is 2.52. The number of nitriles is 1. The Balaban J connectivity index is 2.01. The van der Waals surface area contributed by atoms with Crippen molar-refractivity contribution < 1.29 is 9.53 Å². The summed E-state index contributed by atoms with van der Waals surface area (Å²) in [6.07, 6.45) is 8.90. The van der Waals surface area contributed by atoms with Crippen molar-refractivity contribution in [1.29, 1.82) is 5.26 Å². The van der Waals surface area contributed by atoms with Gasteiger partial charge in [0.15, 0.2) is 0 Å². The molecule has 1 amide bonds. The van der Waals surface area contributed by atoms with Gasteiger partial charge in [-0.3, -0.25) is 4.79 Å². The van der Waals surface area contributed by atoms with Crippen molar-refractivity contribution in [2.45, 2.75) is 26.2 Å². The Morgan fingerprint density at radius 3 is 2.77 bits per heavy atom. The van der Waals surface area contributed by atoms with Gasteiger partial charge in [0.25, 0.3) is 5.91 Å². The molecule has 0 aromatic heterocycles. The molecule has 0 aliphatic heterocycles. The second-order valence-corrected chi connectivity index (χ2v) is 5.15. The van der Waals surface area contributed by atoms with E-state index in [9.17, 15) is 10.1 Å². The van der Waals surface area contributed by atoms with E-state index in [0.29, 0.717) is 12.3 Å². The smallest absolute Gasteiger partial charge is 0.265 e. The molecule has 1 unspecified atom stereocenters. The molecule has 0 saturated carbocycles. The maximum Gasteiger partial charge on any atom is 0.265 e. The van der Waals surface area contributed by atoms with Crippen LogP contribution in [0.15, 0.2) is 48.1 Å².